The molecule has 0 saturated carbocycles. The summed E-state index contributed by atoms with van der Waals surface area (Å²) < 4.78 is 0. The maximum Gasteiger partial charge on any atom is 0.325 e. The van der Waals surface area contributed by atoms with Gasteiger partial charge in [0.05, 0.1) is 12.5 Å². The van der Waals surface area contributed by atoms with Crippen LogP contribution in [0.1, 0.15) is 12.5 Å². The maximum absolute atomic E-state index is 12.1. The number of benzene rings is 1. The number of carboxylic acid groups (broad SMARTS) is 1. The van der Waals surface area contributed by atoms with Crippen molar-refractivity contribution in [2.45, 2.75) is 12.5 Å². The van der Waals surface area contributed by atoms with Crippen LogP contribution in [0, 0.1) is 0 Å². The van der Waals surface area contributed by atoms with Gasteiger partial charge in [0.25, 0.3) is 5.91 Å². The molecular weight excluding hydrogens is 236 g/mol. The zero-order valence-electron chi connectivity index (χ0n) is 9.67. The lowest BCUT2D eigenvalue weighted by Crippen LogP contribution is -2.43. The number of urea groups is 1. The maximum atomic E-state index is 12.1. The Morgan fingerprint density at radius 1 is 1.33 bits per heavy atom. The molecule has 1 aromatic carbocycles. The monoisotopic (exact) mass is 247 g/mol. The van der Waals surface area contributed by atoms with Crippen molar-refractivity contribution in [3.63, 3.8) is 0 Å². The minimum Gasteiger partial charge on any atom is -0.548 e. The molecule has 1 aliphatic rings. The van der Waals surface area contributed by atoms with Gasteiger partial charge in [-0.25, -0.2) is 4.79 Å². The quantitative estimate of drug-likeness (QED) is 0.708. The highest BCUT2D eigenvalue weighted by atomic mass is 16.4. The minimum absolute atomic E-state index is 0.595. The highest BCUT2D eigenvalue weighted by molar-refractivity contribution is 6.08. The van der Waals surface area contributed by atoms with Gasteiger partial charge in [0.1, 0.15) is 5.54 Å². The third kappa shape index (κ3) is 1.81. The summed E-state index contributed by atoms with van der Waals surface area (Å²) in [6.45, 7) is 0.797. The van der Waals surface area contributed by atoms with Crippen molar-refractivity contribution in [3.05, 3.63) is 35.9 Å². The second kappa shape index (κ2) is 4.14. The van der Waals surface area contributed by atoms with E-state index in [2.05, 4.69) is 5.32 Å². The van der Waals surface area contributed by atoms with E-state index in [1.807, 2.05) is 0 Å². The van der Waals surface area contributed by atoms with Gasteiger partial charge < -0.3 is 15.2 Å². The van der Waals surface area contributed by atoms with E-state index in [1.54, 1.807) is 30.3 Å². The average molecular weight is 247 g/mol. The van der Waals surface area contributed by atoms with Crippen molar-refractivity contribution in [3.8, 4) is 0 Å². The molecule has 0 spiro atoms. The summed E-state index contributed by atoms with van der Waals surface area (Å²) in [5, 5.41) is 13.0. The van der Waals surface area contributed by atoms with E-state index in [0.29, 0.717) is 10.5 Å². The summed E-state index contributed by atoms with van der Waals surface area (Å²) in [6, 6.07) is 7.92. The lowest BCUT2D eigenvalue weighted by molar-refractivity contribution is -0.305. The molecular formula is C12H11N2O4-. The van der Waals surface area contributed by atoms with Gasteiger partial charge in [0, 0.05) is 0 Å². The molecule has 6 heteroatoms. The van der Waals surface area contributed by atoms with E-state index in [0.717, 1.165) is 0 Å². The fourth-order valence-corrected chi connectivity index (χ4v) is 1.94. The van der Waals surface area contributed by atoms with Crippen LogP contribution in [0.15, 0.2) is 30.3 Å². The zero-order chi connectivity index (χ0) is 13.3. The summed E-state index contributed by atoms with van der Waals surface area (Å²) in [7, 11) is 0. The Morgan fingerprint density at radius 3 is 2.50 bits per heavy atom. The van der Waals surface area contributed by atoms with E-state index in [9.17, 15) is 19.5 Å². The predicted molar refractivity (Wildman–Crippen MR) is 59.0 cm³/mol. The number of carboxylic acids is 1. The number of carbonyl (C=O) groups excluding carboxylic acids is 3. The van der Waals surface area contributed by atoms with Crippen LogP contribution in [-0.4, -0.2) is 29.4 Å². The smallest absolute Gasteiger partial charge is 0.325 e. The molecule has 3 amide bonds. The Hall–Kier alpha value is -2.37. The third-order valence-electron chi connectivity index (χ3n) is 2.91. The largest absolute Gasteiger partial charge is 0.548 e. The van der Waals surface area contributed by atoms with Gasteiger partial charge in [-0.1, -0.05) is 30.3 Å². The van der Waals surface area contributed by atoms with Gasteiger partial charge >= 0.3 is 6.03 Å². The molecule has 18 heavy (non-hydrogen) atoms. The van der Waals surface area contributed by atoms with Gasteiger partial charge in [0.2, 0.25) is 0 Å². The number of rotatable bonds is 3. The molecule has 1 fully saturated rings. The van der Waals surface area contributed by atoms with Crippen LogP contribution in [0.3, 0.4) is 0 Å². The summed E-state index contributed by atoms with van der Waals surface area (Å²) in [4.78, 5) is 34.9. The highest BCUT2D eigenvalue weighted by Crippen LogP contribution is 2.28. The number of carbonyl (C=O) groups is 3. The van der Waals surface area contributed by atoms with E-state index >= 15 is 0 Å². The van der Waals surface area contributed by atoms with Crippen molar-refractivity contribution in [1.29, 1.82) is 0 Å². The Kier molecular flexibility index (Phi) is 2.78. The molecule has 1 atom stereocenters. The number of hydrogen-bond acceptors (Lipinski definition) is 4. The molecule has 94 valence electrons. The first-order chi connectivity index (χ1) is 8.45. The van der Waals surface area contributed by atoms with Crippen molar-refractivity contribution >= 4 is 17.9 Å². The van der Waals surface area contributed by atoms with Gasteiger partial charge in [-0.05, 0) is 12.5 Å². The van der Waals surface area contributed by atoms with Crippen LogP contribution in [0.4, 0.5) is 4.79 Å². The molecule has 0 aromatic heterocycles. The summed E-state index contributed by atoms with van der Waals surface area (Å²) in [5.41, 5.74) is -0.627. The SMILES string of the molecule is C[C@@]1(c2ccccc2)NC(=O)N(CC(=O)[O-])C1=O. The van der Waals surface area contributed by atoms with Gasteiger partial charge in [-0.3, -0.25) is 9.69 Å². The predicted octanol–water partition coefficient (Wildman–Crippen LogP) is -0.797. The molecule has 1 aromatic rings. The van der Waals surface area contributed by atoms with Crippen molar-refractivity contribution in [2.24, 2.45) is 0 Å². The lowest BCUT2D eigenvalue weighted by Gasteiger charge is -2.22. The van der Waals surface area contributed by atoms with E-state index in [4.69, 9.17) is 0 Å². The molecule has 0 radical (unpaired) electrons. The fourth-order valence-electron chi connectivity index (χ4n) is 1.94. The standard InChI is InChI=1S/C12H12N2O4/c1-12(8-5-3-2-4-6-8)10(17)14(7-9(15)16)11(18)13-12/h2-6H,7H2,1H3,(H,13,18)(H,15,16)/p-1/t12-/m0/s1. The Bertz CT molecular complexity index is 514. The van der Waals surface area contributed by atoms with Crippen LogP contribution in [-0.2, 0) is 15.1 Å². The molecule has 1 heterocycles. The van der Waals surface area contributed by atoms with Crippen molar-refractivity contribution in [2.75, 3.05) is 6.54 Å². The number of imide groups is 1. The number of nitrogens with one attached hydrogen (secondary N) is 1. The summed E-state index contributed by atoms with van der Waals surface area (Å²) >= 11 is 0. The summed E-state index contributed by atoms with van der Waals surface area (Å²) in [6.07, 6.45) is 0. The van der Waals surface area contributed by atoms with E-state index in [1.165, 1.54) is 6.92 Å². The molecule has 1 saturated heterocycles. The third-order valence-corrected chi connectivity index (χ3v) is 2.91. The molecule has 0 aliphatic carbocycles. The first kappa shape index (κ1) is 12.1. The van der Waals surface area contributed by atoms with Crippen LogP contribution in [0.25, 0.3) is 0 Å². The van der Waals surface area contributed by atoms with E-state index < -0.39 is 30.0 Å². The first-order valence-electron chi connectivity index (χ1n) is 5.34. The number of nitrogens with zero attached hydrogens (tertiary/aromatic N) is 1. The lowest BCUT2D eigenvalue weighted by atomic mass is 9.92. The van der Waals surface area contributed by atoms with Crippen LogP contribution in [0.5, 0.6) is 0 Å². The number of hydrogen-bond donors (Lipinski definition) is 1. The number of aliphatic carboxylic acids is 1. The second-order valence-electron chi connectivity index (χ2n) is 4.18. The van der Waals surface area contributed by atoms with Crippen LogP contribution in [0.2, 0.25) is 0 Å². The van der Waals surface area contributed by atoms with E-state index in [-0.39, 0.29) is 0 Å². The zero-order valence-corrected chi connectivity index (χ0v) is 9.67. The number of amides is 3. The first-order valence-corrected chi connectivity index (χ1v) is 5.34. The second-order valence-corrected chi connectivity index (χ2v) is 4.18. The van der Waals surface area contributed by atoms with Gasteiger partial charge in [-0.15, -0.1) is 0 Å². The molecule has 0 unspecified atom stereocenters. The molecule has 1 N–H and O–H groups in total. The summed E-state index contributed by atoms with van der Waals surface area (Å²) in [5.74, 6) is -2.07. The Morgan fingerprint density at radius 2 is 1.94 bits per heavy atom. The van der Waals surface area contributed by atoms with Crippen LogP contribution >= 0.6 is 0 Å². The topological polar surface area (TPSA) is 89.5 Å². The Labute approximate surface area is 103 Å². The molecule has 1 aliphatic heterocycles. The fraction of sp³-hybridized carbons (Fsp3) is 0.250. The Balaban J connectivity index is 2.35. The van der Waals surface area contributed by atoms with Crippen molar-refractivity contribution in [1.82, 2.24) is 10.2 Å². The molecule has 6 nitrogen and oxygen atoms in total. The average Bonchev–Trinajstić information content (AvgIpc) is 2.55. The highest BCUT2D eigenvalue weighted by Gasteiger charge is 2.48. The van der Waals surface area contributed by atoms with Crippen molar-refractivity contribution < 1.29 is 19.5 Å². The minimum atomic E-state index is -1.48. The van der Waals surface area contributed by atoms with Crippen LogP contribution < -0.4 is 10.4 Å². The van der Waals surface area contributed by atoms with Gasteiger partial charge in [0.15, 0.2) is 0 Å². The molecule has 2 rings (SSSR count). The molecule has 0 bridgehead atoms. The normalized spacial score (nSPS) is 23.1. The van der Waals surface area contributed by atoms with Gasteiger partial charge in [-0.2, -0.15) is 0 Å².